The van der Waals surface area contributed by atoms with E-state index in [0.717, 1.165) is 18.5 Å². The Labute approximate surface area is 123 Å². The van der Waals surface area contributed by atoms with Gasteiger partial charge in [-0.15, -0.1) is 0 Å². The summed E-state index contributed by atoms with van der Waals surface area (Å²) < 4.78 is 2.06. The lowest BCUT2D eigenvalue weighted by atomic mass is 10.2. The van der Waals surface area contributed by atoms with Gasteiger partial charge in [0.15, 0.2) is 0 Å². The smallest absolute Gasteiger partial charge is 0.254 e. The monoisotopic (exact) mass is 288 g/mol. The summed E-state index contributed by atoms with van der Waals surface area (Å²) in [6, 6.07) is 11.6. The normalized spacial score (nSPS) is 14.3. The molecule has 20 heavy (non-hydrogen) atoms. The molecular weight excluding hydrogens is 272 g/mol. The van der Waals surface area contributed by atoms with E-state index in [4.69, 9.17) is 11.6 Å². The summed E-state index contributed by atoms with van der Waals surface area (Å²) in [4.78, 5) is 14.6. The minimum Gasteiger partial charge on any atom is -0.353 e. The molecule has 0 unspecified atom stereocenters. The third-order valence-corrected chi connectivity index (χ3v) is 3.98. The molecule has 1 amide bonds. The molecule has 0 spiro atoms. The number of aryl methyl sites for hydroxylation is 1. The number of benzene rings is 1. The van der Waals surface area contributed by atoms with Crippen LogP contribution in [0.3, 0.4) is 0 Å². The molecule has 0 radical (unpaired) electrons. The fourth-order valence-corrected chi connectivity index (χ4v) is 2.47. The predicted octanol–water partition coefficient (Wildman–Crippen LogP) is 3.48. The maximum Gasteiger partial charge on any atom is 0.254 e. The van der Waals surface area contributed by atoms with Crippen molar-refractivity contribution in [2.75, 3.05) is 0 Å². The van der Waals surface area contributed by atoms with Crippen LogP contribution in [0.5, 0.6) is 0 Å². The van der Waals surface area contributed by atoms with Crippen LogP contribution in [0.15, 0.2) is 42.6 Å². The molecule has 1 heterocycles. The summed E-state index contributed by atoms with van der Waals surface area (Å²) in [5, 5.41) is 0.655. The van der Waals surface area contributed by atoms with Crippen molar-refractivity contribution in [3.05, 3.63) is 58.9 Å². The van der Waals surface area contributed by atoms with Crippen molar-refractivity contribution in [2.45, 2.75) is 25.4 Å². The van der Waals surface area contributed by atoms with Crippen molar-refractivity contribution < 1.29 is 4.79 Å². The minimum atomic E-state index is 0.0883. The Hall–Kier alpha value is -1.74. The van der Waals surface area contributed by atoms with Crippen LogP contribution in [0.25, 0.3) is 0 Å². The predicted molar refractivity (Wildman–Crippen MR) is 79.8 cm³/mol. The van der Waals surface area contributed by atoms with E-state index in [1.807, 2.05) is 24.2 Å². The third kappa shape index (κ3) is 2.73. The molecule has 0 saturated heterocycles. The molecule has 3 rings (SSSR count). The Morgan fingerprint density at radius 2 is 2.00 bits per heavy atom. The van der Waals surface area contributed by atoms with Crippen LogP contribution in [0.1, 0.15) is 28.9 Å². The van der Waals surface area contributed by atoms with Crippen molar-refractivity contribution in [1.82, 2.24) is 9.47 Å². The number of rotatable bonds is 4. The Balaban J connectivity index is 1.82. The molecule has 1 aliphatic carbocycles. The van der Waals surface area contributed by atoms with Gasteiger partial charge in [0.25, 0.3) is 5.91 Å². The topological polar surface area (TPSA) is 25.2 Å². The van der Waals surface area contributed by atoms with Gasteiger partial charge in [0.2, 0.25) is 0 Å². The van der Waals surface area contributed by atoms with Gasteiger partial charge < -0.3 is 9.47 Å². The molecule has 2 aromatic rings. The van der Waals surface area contributed by atoms with Crippen molar-refractivity contribution in [1.29, 1.82) is 0 Å². The Morgan fingerprint density at radius 3 is 2.55 bits per heavy atom. The average molecular weight is 289 g/mol. The maximum absolute atomic E-state index is 12.6. The lowest BCUT2D eigenvalue weighted by Crippen LogP contribution is -2.33. The number of amides is 1. The summed E-state index contributed by atoms with van der Waals surface area (Å²) in [5.74, 6) is 0.0883. The summed E-state index contributed by atoms with van der Waals surface area (Å²) in [5.41, 5.74) is 1.86. The zero-order valence-electron chi connectivity index (χ0n) is 11.4. The molecule has 0 N–H and O–H groups in total. The van der Waals surface area contributed by atoms with Crippen molar-refractivity contribution >= 4 is 17.5 Å². The van der Waals surface area contributed by atoms with Crippen molar-refractivity contribution in [2.24, 2.45) is 7.05 Å². The van der Waals surface area contributed by atoms with Crippen LogP contribution in [0.4, 0.5) is 0 Å². The zero-order chi connectivity index (χ0) is 14.1. The first-order valence-corrected chi connectivity index (χ1v) is 7.19. The van der Waals surface area contributed by atoms with Gasteiger partial charge in [-0.05, 0) is 49.2 Å². The zero-order valence-corrected chi connectivity index (χ0v) is 12.2. The number of hydrogen-bond acceptors (Lipinski definition) is 1. The maximum atomic E-state index is 12.6. The molecule has 1 fully saturated rings. The quantitative estimate of drug-likeness (QED) is 0.845. The van der Waals surface area contributed by atoms with Crippen LogP contribution >= 0.6 is 11.6 Å². The molecular formula is C16H17ClN2O. The standard InChI is InChI=1S/C16H17ClN2O/c1-18-10-2-3-15(18)11-19(14-8-9-14)16(20)12-4-6-13(17)7-5-12/h2-7,10,14H,8-9,11H2,1H3. The number of carbonyl (C=O) groups is 1. The first kappa shape index (κ1) is 13.3. The van der Waals surface area contributed by atoms with E-state index in [-0.39, 0.29) is 5.91 Å². The summed E-state index contributed by atoms with van der Waals surface area (Å²) >= 11 is 5.88. The van der Waals surface area contributed by atoms with Gasteiger partial charge in [-0.1, -0.05) is 11.6 Å². The lowest BCUT2D eigenvalue weighted by Gasteiger charge is -2.23. The molecule has 1 aromatic carbocycles. The van der Waals surface area contributed by atoms with E-state index < -0.39 is 0 Å². The lowest BCUT2D eigenvalue weighted by molar-refractivity contribution is 0.0726. The first-order valence-electron chi connectivity index (χ1n) is 6.82. The van der Waals surface area contributed by atoms with E-state index in [0.29, 0.717) is 23.2 Å². The third-order valence-electron chi connectivity index (χ3n) is 3.72. The Bertz CT molecular complexity index is 614. The molecule has 0 aliphatic heterocycles. The van der Waals surface area contributed by atoms with Crippen LogP contribution in [-0.2, 0) is 13.6 Å². The van der Waals surface area contributed by atoms with Gasteiger partial charge in [-0.2, -0.15) is 0 Å². The largest absolute Gasteiger partial charge is 0.353 e. The highest BCUT2D eigenvalue weighted by Gasteiger charge is 2.33. The van der Waals surface area contributed by atoms with Gasteiger partial charge in [0.05, 0.1) is 6.54 Å². The van der Waals surface area contributed by atoms with Gasteiger partial charge in [-0.25, -0.2) is 0 Å². The van der Waals surface area contributed by atoms with E-state index in [9.17, 15) is 4.79 Å². The molecule has 4 heteroatoms. The van der Waals surface area contributed by atoms with Crippen LogP contribution < -0.4 is 0 Å². The molecule has 1 aliphatic rings. The molecule has 104 valence electrons. The summed E-state index contributed by atoms with van der Waals surface area (Å²) in [6.45, 7) is 0.662. The van der Waals surface area contributed by atoms with E-state index in [1.54, 1.807) is 24.3 Å². The van der Waals surface area contributed by atoms with Crippen LogP contribution in [-0.4, -0.2) is 21.4 Å². The number of carbonyl (C=O) groups excluding carboxylic acids is 1. The molecule has 1 aromatic heterocycles. The van der Waals surface area contributed by atoms with E-state index in [2.05, 4.69) is 10.6 Å². The Kier molecular flexibility index (Phi) is 3.53. The Morgan fingerprint density at radius 1 is 1.30 bits per heavy atom. The number of nitrogens with zero attached hydrogens (tertiary/aromatic N) is 2. The second-order valence-corrected chi connectivity index (χ2v) is 5.72. The molecule has 1 saturated carbocycles. The van der Waals surface area contributed by atoms with Gasteiger partial charge in [0, 0.05) is 35.6 Å². The van der Waals surface area contributed by atoms with E-state index in [1.165, 1.54) is 0 Å². The van der Waals surface area contributed by atoms with Crippen molar-refractivity contribution in [3.8, 4) is 0 Å². The van der Waals surface area contributed by atoms with E-state index >= 15 is 0 Å². The second kappa shape index (κ2) is 5.33. The molecule has 3 nitrogen and oxygen atoms in total. The first-order chi connectivity index (χ1) is 9.65. The summed E-state index contributed by atoms with van der Waals surface area (Å²) in [7, 11) is 2.01. The highest BCUT2D eigenvalue weighted by atomic mass is 35.5. The number of halogens is 1. The SMILES string of the molecule is Cn1cccc1CN(C(=O)c1ccc(Cl)cc1)C1CC1. The van der Waals surface area contributed by atoms with Gasteiger partial charge in [0.1, 0.15) is 0 Å². The fourth-order valence-electron chi connectivity index (χ4n) is 2.35. The molecule has 0 bridgehead atoms. The van der Waals surface area contributed by atoms with Crippen molar-refractivity contribution in [3.63, 3.8) is 0 Å². The van der Waals surface area contributed by atoms with Crippen LogP contribution in [0, 0.1) is 0 Å². The van der Waals surface area contributed by atoms with Gasteiger partial charge in [-0.3, -0.25) is 4.79 Å². The number of aromatic nitrogens is 1. The number of hydrogen-bond donors (Lipinski definition) is 0. The second-order valence-electron chi connectivity index (χ2n) is 5.28. The average Bonchev–Trinajstić information content (AvgIpc) is 3.20. The minimum absolute atomic E-state index is 0.0883. The van der Waals surface area contributed by atoms with Gasteiger partial charge >= 0.3 is 0 Å². The highest BCUT2D eigenvalue weighted by Crippen LogP contribution is 2.30. The van der Waals surface area contributed by atoms with Crippen LogP contribution in [0.2, 0.25) is 5.02 Å². The molecule has 0 atom stereocenters. The fraction of sp³-hybridized carbons (Fsp3) is 0.312. The highest BCUT2D eigenvalue weighted by molar-refractivity contribution is 6.30. The summed E-state index contributed by atoms with van der Waals surface area (Å²) in [6.07, 6.45) is 4.21.